The van der Waals surface area contributed by atoms with E-state index in [0.717, 1.165) is 23.4 Å². The second-order valence-electron chi connectivity index (χ2n) is 8.42. The van der Waals surface area contributed by atoms with E-state index >= 15 is 0 Å². The Hall–Kier alpha value is -2.69. The van der Waals surface area contributed by atoms with Crippen molar-refractivity contribution < 1.29 is 13.9 Å². The van der Waals surface area contributed by atoms with Crippen molar-refractivity contribution >= 4 is 12.2 Å². The van der Waals surface area contributed by atoms with Gasteiger partial charge in [-0.3, -0.25) is 4.98 Å². The lowest BCUT2D eigenvalue weighted by molar-refractivity contribution is 0.0472. The van der Waals surface area contributed by atoms with Crippen molar-refractivity contribution in [1.82, 2.24) is 9.88 Å². The zero-order valence-electron chi connectivity index (χ0n) is 16.3. The number of rotatable bonds is 3. The van der Waals surface area contributed by atoms with Crippen LogP contribution in [0.2, 0.25) is 0 Å². The van der Waals surface area contributed by atoms with Gasteiger partial charge in [-0.25, -0.2) is 9.18 Å². The van der Waals surface area contributed by atoms with E-state index in [4.69, 9.17) is 4.74 Å². The monoisotopic (exact) mass is 392 g/mol. The Morgan fingerprint density at radius 1 is 1.14 bits per heavy atom. The Morgan fingerprint density at radius 2 is 2.03 bits per heavy atom. The topological polar surface area (TPSA) is 42.4 Å². The Kier molecular flexibility index (Phi) is 4.82. The van der Waals surface area contributed by atoms with E-state index in [0.29, 0.717) is 24.4 Å². The van der Waals surface area contributed by atoms with Gasteiger partial charge < -0.3 is 9.64 Å². The van der Waals surface area contributed by atoms with E-state index in [2.05, 4.69) is 17.1 Å². The van der Waals surface area contributed by atoms with Gasteiger partial charge in [0.05, 0.1) is 11.7 Å². The first kappa shape index (κ1) is 18.3. The molecule has 1 aromatic heterocycles. The summed E-state index contributed by atoms with van der Waals surface area (Å²) in [7, 11) is 0. The quantitative estimate of drug-likeness (QED) is 0.725. The number of hydrogen-bond donors (Lipinski definition) is 0. The fourth-order valence-electron chi connectivity index (χ4n) is 5.32. The van der Waals surface area contributed by atoms with Gasteiger partial charge in [0.15, 0.2) is 0 Å². The van der Waals surface area contributed by atoms with Crippen molar-refractivity contribution in [2.75, 3.05) is 13.2 Å². The van der Waals surface area contributed by atoms with Gasteiger partial charge in [-0.2, -0.15) is 0 Å². The third-order valence-corrected chi connectivity index (χ3v) is 6.78. The first-order valence-corrected chi connectivity index (χ1v) is 10.5. The number of pyridine rings is 1. The van der Waals surface area contributed by atoms with E-state index in [1.165, 1.54) is 37.8 Å². The molecule has 3 heterocycles. The molecule has 0 N–H and O–H groups in total. The summed E-state index contributed by atoms with van der Waals surface area (Å²) in [6, 6.07) is 10.6. The third-order valence-electron chi connectivity index (χ3n) is 6.78. The summed E-state index contributed by atoms with van der Waals surface area (Å²) in [6.45, 7) is 1.34. The lowest BCUT2D eigenvalue weighted by atomic mass is 9.67. The number of hydrogen-bond acceptors (Lipinski definition) is 3. The van der Waals surface area contributed by atoms with Crippen LogP contribution >= 0.6 is 0 Å². The van der Waals surface area contributed by atoms with Crippen LogP contribution in [0.1, 0.15) is 31.4 Å². The second-order valence-corrected chi connectivity index (χ2v) is 8.42. The predicted octanol–water partition coefficient (Wildman–Crippen LogP) is 5.16. The van der Waals surface area contributed by atoms with E-state index in [-0.39, 0.29) is 18.0 Å². The van der Waals surface area contributed by atoms with Crippen LogP contribution in [-0.4, -0.2) is 35.2 Å². The number of halogens is 1. The molecule has 150 valence electrons. The number of fused-ring (bicyclic) bond motifs is 2. The van der Waals surface area contributed by atoms with Crippen molar-refractivity contribution in [3.8, 4) is 11.1 Å². The van der Waals surface area contributed by atoms with Crippen LogP contribution in [0.4, 0.5) is 9.18 Å². The van der Waals surface area contributed by atoms with Crippen molar-refractivity contribution in [3.05, 3.63) is 60.2 Å². The van der Waals surface area contributed by atoms with Crippen LogP contribution in [0.25, 0.3) is 17.2 Å². The van der Waals surface area contributed by atoms with E-state index < -0.39 is 0 Å². The van der Waals surface area contributed by atoms with Gasteiger partial charge in [0.25, 0.3) is 0 Å². The van der Waals surface area contributed by atoms with Crippen LogP contribution in [0.15, 0.2) is 48.7 Å². The molecule has 0 bridgehead atoms. The molecule has 1 aromatic carbocycles. The van der Waals surface area contributed by atoms with Crippen molar-refractivity contribution in [1.29, 1.82) is 0 Å². The molecule has 5 rings (SSSR count). The van der Waals surface area contributed by atoms with Gasteiger partial charge in [-0.1, -0.05) is 37.1 Å². The number of amides is 1. The second kappa shape index (κ2) is 7.62. The van der Waals surface area contributed by atoms with Crippen molar-refractivity contribution in [2.24, 2.45) is 17.8 Å². The number of carbonyl (C=O) groups is 1. The van der Waals surface area contributed by atoms with Gasteiger partial charge in [-0.05, 0) is 54.5 Å². The molecule has 1 amide bonds. The van der Waals surface area contributed by atoms with Crippen LogP contribution < -0.4 is 0 Å². The van der Waals surface area contributed by atoms with Gasteiger partial charge in [0.1, 0.15) is 12.4 Å². The van der Waals surface area contributed by atoms with Crippen LogP contribution in [0.3, 0.4) is 0 Å². The predicted molar refractivity (Wildman–Crippen MR) is 109 cm³/mol. The molecule has 0 spiro atoms. The Labute approximate surface area is 170 Å². The molecule has 0 radical (unpaired) electrons. The SMILES string of the molecule is O=C1OCC2C(C=Cc3ccc(-c4cccc(F)c4)cn3)C3CCCCC3CN12. The zero-order valence-corrected chi connectivity index (χ0v) is 16.3. The van der Waals surface area contributed by atoms with Gasteiger partial charge >= 0.3 is 6.09 Å². The summed E-state index contributed by atoms with van der Waals surface area (Å²) in [5.74, 6) is 1.25. The Morgan fingerprint density at radius 3 is 2.86 bits per heavy atom. The minimum absolute atomic E-state index is 0.143. The van der Waals surface area contributed by atoms with Gasteiger partial charge in [0, 0.05) is 24.2 Å². The van der Waals surface area contributed by atoms with Crippen molar-refractivity contribution in [2.45, 2.75) is 31.7 Å². The lowest BCUT2D eigenvalue weighted by Crippen LogP contribution is -2.52. The number of ether oxygens (including phenoxy) is 1. The summed E-state index contributed by atoms with van der Waals surface area (Å²) in [4.78, 5) is 18.6. The number of piperidine rings is 1. The fraction of sp³-hybridized carbons (Fsp3) is 0.417. The van der Waals surface area contributed by atoms with Crippen molar-refractivity contribution in [3.63, 3.8) is 0 Å². The van der Waals surface area contributed by atoms with E-state index in [1.54, 1.807) is 12.3 Å². The number of benzene rings is 1. The third kappa shape index (κ3) is 3.54. The average molecular weight is 392 g/mol. The first-order valence-electron chi connectivity index (χ1n) is 10.5. The summed E-state index contributed by atoms with van der Waals surface area (Å²) in [5.41, 5.74) is 2.59. The number of nitrogens with zero attached hydrogens (tertiary/aromatic N) is 2. The van der Waals surface area contributed by atoms with Gasteiger partial charge in [-0.15, -0.1) is 0 Å². The molecule has 29 heavy (non-hydrogen) atoms. The molecule has 2 saturated heterocycles. The maximum Gasteiger partial charge on any atom is 0.410 e. The highest BCUT2D eigenvalue weighted by molar-refractivity contribution is 5.70. The molecule has 5 heteroatoms. The molecular formula is C24H25FN2O2. The number of cyclic esters (lactones) is 1. The van der Waals surface area contributed by atoms with E-state index in [1.807, 2.05) is 23.1 Å². The first-order chi connectivity index (χ1) is 14.2. The van der Waals surface area contributed by atoms with Gasteiger partial charge in [0.2, 0.25) is 0 Å². The fourth-order valence-corrected chi connectivity index (χ4v) is 5.32. The summed E-state index contributed by atoms with van der Waals surface area (Å²) in [5, 5.41) is 0. The molecule has 2 aliphatic heterocycles. The average Bonchev–Trinajstić information content (AvgIpc) is 3.12. The zero-order chi connectivity index (χ0) is 19.8. The standard InChI is InChI=1S/C24H25FN2O2/c25-19-6-3-5-16(12-19)17-8-9-20(26-13-17)10-11-22-21-7-2-1-4-18(21)14-27-23(22)15-29-24(27)28/h3,5-6,8-13,18,21-23H,1-2,4,7,14-15H2. The molecule has 3 aliphatic rings. The normalized spacial score (nSPS) is 28.9. The highest BCUT2D eigenvalue weighted by Crippen LogP contribution is 2.44. The van der Waals surface area contributed by atoms with Crippen LogP contribution in [0.5, 0.6) is 0 Å². The molecule has 3 fully saturated rings. The lowest BCUT2D eigenvalue weighted by Gasteiger charge is -2.46. The number of carbonyl (C=O) groups excluding carboxylic acids is 1. The summed E-state index contributed by atoms with van der Waals surface area (Å²) >= 11 is 0. The molecule has 1 saturated carbocycles. The maximum absolute atomic E-state index is 13.5. The largest absolute Gasteiger partial charge is 0.447 e. The minimum atomic E-state index is -0.247. The Balaban J connectivity index is 1.37. The van der Waals surface area contributed by atoms with Crippen LogP contribution in [0, 0.1) is 23.6 Å². The van der Waals surface area contributed by atoms with Crippen LogP contribution in [-0.2, 0) is 4.74 Å². The minimum Gasteiger partial charge on any atom is -0.447 e. The molecule has 4 unspecified atom stereocenters. The highest BCUT2D eigenvalue weighted by atomic mass is 19.1. The molecule has 4 nitrogen and oxygen atoms in total. The summed E-state index contributed by atoms with van der Waals surface area (Å²) in [6.07, 6.45) is 10.9. The van der Waals surface area contributed by atoms with E-state index in [9.17, 15) is 9.18 Å². The molecule has 4 atom stereocenters. The highest BCUT2D eigenvalue weighted by Gasteiger charge is 2.48. The maximum atomic E-state index is 13.5. The Bertz CT molecular complexity index is 927. The smallest absolute Gasteiger partial charge is 0.410 e. The molecular weight excluding hydrogens is 367 g/mol. The molecule has 1 aliphatic carbocycles. The summed E-state index contributed by atoms with van der Waals surface area (Å²) < 4.78 is 18.8. The molecule has 2 aromatic rings. The number of aromatic nitrogens is 1.